The van der Waals surface area contributed by atoms with Crippen LogP contribution in [0.2, 0.25) is 0 Å². The number of amides is 1. The summed E-state index contributed by atoms with van der Waals surface area (Å²) in [5.41, 5.74) is 2.75. The van der Waals surface area contributed by atoms with Crippen molar-refractivity contribution in [3.8, 4) is 0 Å². The molecule has 1 saturated heterocycles. The summed E-state index contributed by atoms with van der Waals surface area (Å²) in [6.07, 6.45) is 4.24. The Kier molecular flexibility index (Phi) is 3.47. The number of fused-ring (bicyclic) bond motifs is 1. The van der Waals surface area contributed by atoms with Crippen molar-refractivity contribution in [2.45, 2.75) is 39.7 Å². The van der Waals surface area contributed by atoms with Gasteiger partial charge in [-0.15, -0.1) is 0 Å². The van der Waals surface area contributed by atoms with Crippen LogP contribution >= 0.6 is 0 Å². The van der Waals surface area contributed by atoms with Crippen molar-refractivity contribution < 1.29 is 4.79 Å². The first-order valence-corrected chi connectivity index (χ1v) is 7.64. The summed E-state index contributed by atoms with van der Waals surface area (Å²) in [5, 5.41) is 8.89. The summed E-state index contributed by atoms with van der Waals surface area (Å²) in [5.74, 6) is 0.762. The van der Waals surface area contributed by atoms with E-state index in [9.17, 15) is 4.79 Å². The third-order valence-electron chi connectivity index (χ3n) is 4.43. The maximum atomic E-state index is 12.7. The van der Waals surface area contributed by atoms with Crippen molar-refractivity contribution in [3.05, 3.63) is 11.9 Å². The molecule has 21 heavy (non-hydrogen) atoms. The highest BCUT2D eigenvalue weighted by Crippen LogP contribution is 2.21. The van der Waals surface area contributed by atoms with Crippen LogP contribution in [0.25, 0.3) is 11.0 Å². The molecule has 0 unspecified atom stereocenters. The number of likely N-dealkylation sites (tertiary alicyclic amines) is 1. The number of hydrogen-bond donors (Lipinski definition) is 0. The molecule has 0 radical (unpaired) electrons. The average Bonchev–Trinajstić information content (AvgIpc) is 3.00. The Morgan fingerprint density at radius 1 is 1.43 bits per heavy atom. The van der Waals surface area contributed by atoms with Crippen LogP contribution in [-0.2, 0) is 11.8 Å². The van der Waals surface area contributed by atoms with Gasteiger partial charge in [0, 0.05) is 20.1 Å². The SMILES string of the molecule is Cc1nn(C)c2cn([C@@H](C)C(=O)N3CCC[C@H](C)C3)nc12. The van der Waals surface area contributed by atoms with Gasteiger partial charge < -0.3 is 4.90 Å². The van der Waals surface area contributed by atoms with Crippen LogP contribution in [0.5, 0.6) is 0 Å². The molecule has 6 nitrogen and oxygen atoms in total. The maximum absolute atomic E-state index is 12.7. The van der Waals surface area contributed by atoms with Gasteiger partial charge in [0.1, 0.15) is 17.1 Å². The lowest BCUT2D eigenvalue weighted by molar-refractivity contribution is -0.136. The fraction of sp³-hybridized carbons (Fsp3) is 0.667. The Morgan fingerprint density at radius 3 is 2.86 bits per heavy atom. The second-order valence-electron chi connectivity index (χ2n) is 6.26. The second-order valence-corrected chi connectivity index (χ2v) is 6.26. The zero-order valence-electron chi connectivity index (χ0n) is 13.2. The number of rotatable bonds is 2. The van der Waals surface area contributed by atoms with E-state index in [0.717, 1.165) is 36.2 Å². The van der Waals surface area contributed by atoms with Crippen LogP contribution < -0.4 is 0 Å². The van der Waals surface area contributed by atoms with Gasteiger partial charge in [-0.05, 0) is 32.6 Å². The number of aryl methyl sites for hydroxylation is 2. The largest absolute Gasteiger partial charge is 0.341 e. The summed E-state index contributed by atoms with van der Waals surface area (Å²) < 4.78 is 3.59. The standard InChI is InChI=1S/C15H23N5O/c1-10-6-5-7-19(8-10)15(21)12(3)20-9-13-14(17-20)11(2)16-18(13)4/h9-10,12H,5-8H2,1-4H3/t10-,12-/m0/s1. The van der Waals surface area contributed by atoms with E-state index in [1.807, 2.05) is 36.7 Å². The van der Waals surface area contributed by atoms with Gasteiger partial charge in [-0.3, -0.25) is 14.2 Å². The number of nitrogens with zero attached hydrogens (tertiary/aromatic N) is 5. The number of carbonyl (C=O) groups is 1. The van der Waals surface area contributed by atoms with Crippen LogP contribution in [0, 0.1) is 12.8 Å². The molecule has 0 aliphatic carbocycles. The van der Waals surface area contributed by atoms with Gasteiger partial charge in [-0.1, -0.05) is 6.92 Å². The minimum atomic E-state index is -0.262. The normalized spacial score (nSPS) is 21.0. The minimum absolute atomic E-state index is 0.167. The molecule has 114 valence electrons. The Balaban J connectivity index is 1.84. The van der Waals surface area contributed by atoms with E-state index in [0.29, 0.717) is 5.92 Å². The number of aromatic nitrogens is 4. The quantitative estimate of drug-likeness (QED) is 0.848. The summed E-state index contributed by atoms with van der Waals surface area (Å²) >= 11 is 0. The van der Waals surface area contributed by atoms with Gasteiger partial charge in [0.2, 0.25) is 5.91 Å². The number of carbonyl (C=O) groups excluding carboxylic acids is 1. The molecule has 2 aromatic heterocycles. The van der Waals surface area contributed by atoms with Gasteiger partial charge in [0.25, 0.3) is 0 Å². The first kappa shape index (κ1) is 14.1. The van der Waals surface area contributed by atoms with Crippen LogP contribution in [0.4, 0.5) is 0 Å². The zero-order chi connectivity index (χ0) is 15.1. The predicted molar refractivity (Wildman–Crippen MR) is 80.9 cm³/mol. The lowest BCUT2D eigenvalue weighted by Gasteiger charge is -2.32. The maximum Gasteiger partial charge on any atom is 0.247 e. The summed E-state index contributed by atoms with van der Waals surface area (Å²) in [7, 11) is 1.90. The molecule has 1 aliphatic rings. The Hall–Kier alpha value is -1.85. The van der Waals surface area contributed by atoms with E-state index in [1.54, 1.807) is 4.68 Å². The van der Waals surface area contributed by atoms with Gasteiger partial charge in [0.15, 0.2) is 0 Å². The molecular weight excluding hydrogens is 266 g/mol. The van der Waals surface area contributed by atoms with E-state index in [2.05, 4.69) is 17.1 Å². The zero-order valence-corrected chi connectivity index (χ0v) is 13.2. The molecule has 3 heterocycles. The fourth-order valence-corrected chi connectivity index (χ4v) is 3.17. The van der Waals surface area contributed by atoms with Gasteiger partial charge in [0.05, 0.1) is 11.9 Å². The van der Waals surface area contributed by atoms with Crippen molar-refractivity contribution in [1.82, 2.24) is 24.5 Å². The van der Waals surface area contributed by atoms with Gasteiger partial charge >= 0.3 is 0 Å². The second kappa shape index (κ2) is 5.16. The molecule has 6 heteroatoms. The van der Waals surface area contributed by atoms with Crippen molar-refractivity contribution in [3.63, 3.8) is 0 Å². The molecule has 3 rings (SSSR count). The van der Waals surface area contributed by atoms with Gasteiger partial charge in [-0.25, -0.2) is 0 Å². The molecule has 0 spiro atoms. The van der Waals surface area contributed by atoms with E-state index < -0.39 is 0 Å². The van der Waals surface area contributed by atoms with Gasteiger partial charge in [-0.2, -0.15) is 10.2 Å². The molecule has 0 bridgehead atoms. The van der Waals surface area contributed by atoms with Crippen LogP contribution in [0.15, 0.2) is 6.20 Å². The molecule has 1 fully saturated rings. The summed E-state index contributed by atoms with van der Waals surface area (Å²) in [4.78, 5) is 14.6. The van der Waals surface area contributed by atoms with Crippen molar-refractivity contribution in [1.29, 1.82) is 0 Å². The predicted octanol–water partition coefficient (Wildman–Crippen LogP) is 1.90. The molecule has 0 aromatic carbocycles. The molecule has 0 saturated carbocycles. The fourth-order valence-electron chi connectivity index (χ4n) is 3.17. The monoisotopic (exact) mass is 289 g/mol. The number of piperidine rings is 1. The minimum Gasteiger partial charge on any atom is -0.341 e. The Morgan fingerprint density at radius 2 is 2.19 bits per heavy atom. The highest BCUT2D eigenvalue weighted by atomic mass is 16.2. The third kappa shape index (κ3) is 2.43. The van der Waals surface area contributed by atoms with E-state index in [1.165, 1.54) is 6.42 Å². The van der Waals surface area contributed by atoms with Crippen molar-refractivity contribution >= 4 is 16.9 Å². The molecule has 2 atom stereocenters. The van der Waals surface area contributed by atoms with Crippen molar-refractivity contribution in [2.24, 2.45) is 13.0 Å². The number of hydrogen-bond acceptors (Lipinski definition) is 3. The Labute approximate surface area is 124 Å². The molecule has 0 N–H and O–H groups in total. The van der Waals surface area contributed by atoms with Crippen LogP contribution in [0.3, 0.4) is 0 Å². The van der Waals surface area contributed by atoms with E-state index in [4.69, 9.17) is 0 Å². The third-order valence-corrected chi connectivity index (χ3v) is 4.43. The molecular formula is C15H23N5O. The topological polar surface area (TPSA) is 56.0 Å². The molecule has 1 amide bonds. The first-order valence-electron chi connectivity index (χ1n) is 7.64. The lowest BCUT2D eigenvalue weighted by atomic mass is 10.00. The van der Waals surface area contributed by atoms with E-state index >= 15 is 0 Å². The lowest BCUT2D eigenvalue weighted by Crippen LogP contribution is -2.42. The van der Waals surface area contributed by atoms with Crippen molar-refractivity contribution in [2.75, 3.05) is 13.1 Å². The Bertz CT molecular complexity index is 636. The average molecular weight is 289 g/mol. The highest BCUT2D eigenvalue weighted by molar-refractivity contribution is 5.82. The van der Waals surface area contributed by atoms with E-state index in [-0.39, 0.29) is 11.9 Å². The molecule has 1 aliphatic heterocycles. The smallest absolute Gasteiger partial charge is 0.247 e. The highest BCUT2D eigenvalue weighted by Gasteiger charge is 2.27. The van der Waals surface area contributed by atoms with Crippen LogP contribution in [0.1, 0.15) is 38.4 Å². The van der Waals surface area contributed by atoms with Crippen LogP contribution in [-0.4, -0.2) is 43.5 Å². The first-order chi connectivity index (χ1) is 9.97. The summed E-state index contributed by atoms with van der Waals surface area (Å²) in [6, 6.07) is -0.262. The molecule has 2 aromatic rings. The summed E-state index contributed by atoms with van der Waals surface area (Å²) in [6.45, 7) is 7.81.